The van der Waals surface area contributed by atoms with Crippen molar-refractivity contribution in [3.05, 3.63) is 60.3 Å². The second kappa shape index (κ2) is 8.44. The van der Waals surface area contributed by atoms with Gasteiger partial charge in [0.1, 0.15) is 5.82 Å². The molecule has 1 aromatic heterocycles. The van der Waals surface area contributed by atoms with Crippen molar-refractivity contribution in [3.8, 4) is 0 Å². The Morgan fingerprint density at radius 2 is 1.83 bits per heavy atom. The van der Waals surface area contributed by atoms with Gasteiger partial charge in [-0.1, -0.05) is 43.3 Å². The van der Waals surface area contributed by atoms with E-state index >= 15 is 0 Å². The number of sulfonamides is 1. The molecule has 0 radical (unpaired) electrons. The summed E-state index contributed by atoms with van der Waals surface area (Å²) in [5, 5.41) is 2.70. The van der Waals surface area contributed by atoms with Gasteiger partial charge in [-0.3, -0.25) is 9.52 Å². The zero-order valence-electron chi connectivity index (χ0n) is 13.5. The number of anilines is 1. The van der Waals surface area contributed by atoms with E-state index in [1.807, 2.05) is 37.3 Å². The highest BCUT2D eigenvalue weighted by Crippen LogP contribution is 2.19. The summed E-state index contributed by atoms with van der Waals surface area (Å²) in [4.78, 5) is 16.2. The summed E-state index contributed by atoms with van der Waals surface area (Å²) < 4.78 is 26.4. The van der Waals surface area contributed by atoms with E-state index in [1.165, 1.54) is 6.20 Å². The molecule has 0 aliphatic rings. The van der Waals surface area contributed by atoms with Crippen LogP contribution < -0.4 is 10.0 Å². The molecule has 1 heterocycles. The molecule has 6 nitrogen and oxygen atoms in total. The van der Waals surface area contributed by atoms with Crippen LogP contribution in [0, 0.1) is 0 Å². The Kier molecular flexibility index (Phi) is 6.31. The van der Waals surface area contributed by atoms with E-state index in [0.717, 1.165) is 5.56 Å². The smallest absolute Gasteiger partial charge is 0.235 e. The van der Waals surface area contributed by atoms with Gasteiger partial charge >= 0.3 is 0 Å². The number of nitrogens with one attached hydrogen (secondary N) is 2. The summed E-state index contributed by atoms with van der Waals surface area (Å²) in [5.41, 5.74) is 0.923. The van der Waals surface area contributed by atoms with E-state index < -0.39 is 10.0 Å². The Balaban J connectivity index is 1.87. The predicted octanol–water partition coefficient (Wildman–Crippen LogP) is 2.13. The molecule has 2 aromatic rings. The first-order valence-corrected chi connectivity index (χ1v) is 9.41. The number of hydrogen-bond donors (Lipinski definition) is 2. The SMILES string of the molecule is CC[C@@H](C(=O)NCCS(=O)(=O)Nc1ccccn1)c1ccccc1. The van der Waals surface area contributed by atoms with Gasteiger partial charge in [-0.2, -0.15) is 0 Å². The third-order valence-corrected chi connectivity index (χ3v) is 4.78. The summed E-state index contributed by atoms with van der Waals surface area (Å²) in [6.07, 6.45) is 2.15. The van der Waals surface area contributed by atoms with E-state index in [2.05, 4.69) is 15.0 Å². The molecular formula is C17H21N3O3S. The van der Waals surface area contributed by atoms with Gasteiger partial charge in [-0.05, 0) is 24.1 Å². The van der Waals surface area contributed by atoms with E-state index in [1.54, 1.807) is 18.2 Å². The Morgan fingerprint density at radius 1 is 1.12 bits per heavy atom. The van der Waals surface area contributed by atoms with Gasteiger partial charge in [0.2, 0.25) is 15.9 Å². The average Bonchev–Trinajstić information content (AvgIpc) is 2.57. The third-order valence-electron chi connectivity index (χ3n) is 3.52. The van der Waals surface area contributed by atoms with Gasteiger partial charge in [0.25, 0.3) is 0 Å². The fourth-order valence-electron chi connectivity index (χ4n) is 2.32. The number of hydrogen-bond acceptors (Lipinski definition) is 4. The summed E-state index contributed by atoms with van der Waals surface area (Å²) in [6, 6.07) is 14.4. The largest absolute Gasteiger partial charge is 0.354 e. The molecule has 1 amide bonds. The van der Waals surface area contributed by atoms with E-state index in [4.69, 9.17) is 0 Å². The van der Waals surface area contributed by atoms with Crippen LogP contribution in [0.25, 0.3) is 0 Å². The Morgan fingerprint density at radius 3 is 2.46 bits per heavy atom. The monoisotopic (exact) mass is 347 g/mol. The number of aromatic nitrogens is 1. The molecule has 2 N–H and O–H groups in total. The molecule has 2 rings (SSSR count). The minimum atomic E-state index is -3.55. The number of carbonyl (C=O) groups excluding carboxylic acids is 1. The molecular weight excluding hydrogens is 326 g/mol. The topological polar surface area (TPSA) is 88.2 Å². The van der Waals surface area contributed by atoms with Crippen LogP contribution in [0.4, 0.5) is 5.82 Å². The lowest BCUT2D eigenvalue weighted by Crippen LogP contribution is -2.34. The Hall–Kier alpha value is -2.41. The minimum absolute atomic E-state index is 0.0460. The molecule has 0 saturated carbocycles. The quantitative estimate of drug-likeness (QED) is 0.766. The highest BCUT2D eigenvalue weighted by Gasteiger charge is 2.19. The molecule has 0 aliphatic heterocycles. The molecule has 0 unspecified atom stereocenters. The highest BCUT2D eigenvalue weighted by atomic mass is 32.2. The van der Waals surface area contributed by atoms with Crippen molar-refractivity contribution >= 4 is 21.7 Å². The molecule has 7 heteroatoms. The summed E-state index contributed by atoms with van der Waals surface area (Å²) >= 11 is 0. The van der Waals surface area contributed by atoms with Crippen LogP contribution in [0.3, 0.4) is 0 Å². The van der Waals surface area contributed by atoms with Gasteiger partial charge in [-0.15, -0.1) is 0 Å². The zero-order valence-corrected chi connectivity index (χ0v) is 14.3. The first-order valence-electron chi connectivity index (χ1n) is 7.76. The van der Waals surface area contributed by atoms with Crippen LogP contribution in [-0.2, 0) is 14.8 Å². The number of rotatable bonds is 8. The summed E-state index contributed by atoms with van der Waals surface area (Å²) in [7, 11) is -3.55. The van der Waals surface area contributed by atoms with Crippen LogP contribution in [0.5, 0.6) is 0 Å². The molecule has 24 heavy (non-hydrogen) atoms. The lowest BCUT2D eigenvalue weighted by atomic mass is 9.96. The van der Waals surface area contributed by atoms with Crippen LogP contribution in [0.1, 0.15) is 24.8 Å². The maximum Gasteiger partial charge on any atom is 0.235 e. The van der Waals surface area contributed by atoms with Gasteiger partial charge in [0, 0.05) is 12.7 Å². The maximum atomic E-state index is 12.3. The van der Waals surface area contributed by atoms with Gasteiger partial charge in [-0.25, -0.2) is 13.4 Å². The minimum Gasteiger partial charge on any atom is -0.354 e. The van der Waals surface area contributed by atoms with Crippen LogP contribution in [-0.4, -0.2) is 31.6 Å². The second-order valence-electron chi connectivity index (χ2n) is 5.30. The Labute approximate surface area is 142 Å². The van der Waals surface area contributed by atoms with Gasteiger partial charge in [0.05, 0.1) is 11.7 Å². The van der Waals surface area contributed by atoms with E-state index in [-0.39, 0.29) is 29.9 Å². The van der Waals surface area contributed by atoms with Crippen molar-refractivity contribution in [2.45, 2.75) is 19.3 Å². The molecule has 0 spiro atoms. The summed E-state index contributed by atoms with van der Waals surface area (Å²) in [6.45, 7) is 1.97. The molecule has 0 saturated heterocycles. The molecule has 128 valence electrons. The second-order valence-corrected chi connectivity index (χ2v) is 7.14. The predicted molar refractivity (Wildman–Crippen MR) is 94.1 cm³/mol. The fourth-order valence-corrected chi connectivity index (χ4v) is 3.24. The van der Waals surface area contributed by atoms with E-state index in [0.29, 0.717) is 6.42 Å². The lowest BCUT2D eigenvalue weighted by molar-refractivity contribution is -0.122. The first kappa shape index (κ1) is 17.9. The number of pyridine rings is 1. The van der Waals surface area contributed by atoms with Crippen LogP contribution in [0.2, 0.25) is 0 Å². The average molecular weight is 347 g/mol. The van der Waals surface area contributed by atoms with Crippen molar-refractivity contribution < 1.29 is 13.2 Å². The number of nitrogens with zero attached hydrogens (tertiary/aromatic N) is 1. The van der Waals surface area contributed by atoms with Crippen molar-refractivity contribution in [1.29, 1.82) is 0 Å². The molecule has 1 aromatic carbocycles. The van der Waals surface area contributed by atoms with E-state index in [9.17, 15) is 13.2 Å². The van der Waals surface area contributed by atoms with Crippen LogP contribution in [0.15, 0.2) is 54.7 Å². The third kappa shape index (κ3) is 5.34. The first-order chi connectivity index (χ1) is 11.5. The standard InChI is InChI=1S/C17H21N3O3S/c1-2-15(14-8-4-3-5-9-14)17(21)19-12-13-24(22,23)20-16-10-6-7-11-18-16/h3-11,15H,2,12-13H2,1H3,(H,18,20)(H,19,21)/t15-/m1/s1. The lowest BCUT2D eigenvalue weighted by Gasteiger charge is -2.15. The normalized spacial score (nSPS) is 12.4. The highest BCUT2D eigenvalue weighted by molar-refractivity contribution is 7.92. The summed E-state index contributed by atoms with van der Waals surface area (Å²) in [5.74, 6) is -0.394. The zero-order chi connectivity index (χ0) is 17.4. The number of benzene rings is 1. The van der Waals surface area contributed by atoms with Crippen molar-refractivity contribution in [2.75, 3.05) is 17.0 Å². The fraction of sp³-hybridized carbons (Fsp3) is 0.294. The van der Waals surface area contributed by atoms with Gasteiger partial charge < -0.3 is 5.32 Å². The van der Waals surface area contributed by atoms with Crippen molar-refractivity contribution in [3.63, 3.8) is 0 Å². The molecule has 0 fully saturated rings. The number of carbonyl (C=O) groups is 1. The van der Waals surface area contributed by atoms with Gasteiger partial charge in [0.15, 0.2) is 0 Å². The molecule has 0 aliphatic carbocycles. The van der Waals surface area contributed by atoms with Crippen molar-refractivity contribution in [2.24, 2.45) is 0 Å². The molecule has 0 bridgehead atoms. The molecule has 1 atom stereocenters. The van der Waals surface area contributed by atoms with Crippen LogP contribution >= 0.6 is 0 Å². The number of amides is 1. The maximum absolute atomic E-state index is 12.3. The van der Waals surface area contributed by atoms with Crippen molar-refractivity contribution in [1.82, 2.24) is 10.3 Å². The Bertz CT molecular complexity index is 749.